The first-order chi connectivity index (χ1) is 14.8. The van der Waals surface area contributed by atoms with Crippen molar-refractivity contribution < 1.29 is 18.1 Å². The molecule has 1 heterocycles. The molecule has 0 aromatic heterocycles. The van der Waals surface area contributed by atoms with E-state index in [-0.39, 0.29) is 16.6 Å². The van der Waals surface area contributed by atoms with Crippen LogP contribution in [0.5, 0.6) is 0 Å². The van der Waals surface area contributed by atoms with Gasteiger partial charge in [0, 0.05) is 36.5 Å². The zero-order valence-electron chi connectivity index (χ0n) is 17.2. The topological polar surface area (TPSA) is 110 Å². The molecule has 1 amide bonds. The van der Waals surface area contributed by atoms with Crippen LogP contribution in [0, 0.1) is 10.1 Å². The van der Waals surface area contributed by atoms with Gasteiger partial charge in [-0.3, -0.25) is 14.9 Å². The molecule has 1 aliphatic heterocycles. The van der Waals surface area contributed by atoms with E-state index < -0.39 is 20.9 Å². The normalized spacial score (nSPS) is 17.5. The molecule has 1 unspecified atom stereocenters. The van der Waals surface area contributed by atoms with Crippen molar-refractivity contribution >= 4 is 33.4 Å². The van der Waals surface area contributed by atoms with Gasteiger partial charge in [-0.2, -0.15) is 4.31 Å². The average molecular weight is 444 g/mol. The Kier molecular flexibility index (Phi) is 7.19. The van der Waals surface area contributed by atoms with Crippen molar-refractivity contribution in [2.75, 3.05) is 11.9 Å². The van der Waals surface area contributed by atoms with Crippen LogP contribution in [-0.2, 0) is 14.8 Å². The van der Waals surface area contributed by atoms with E-state index in [1.54, 1.807) is 34.6 Å². The third kappa shape index (κ3) is 5.56. The van der Waals surface area contributed by atoms with E-state index in [9.17, 15) is 23.3 Å². The molecule has 0 aliphatic carbocycles. The number of carbonyl (C=O) groups excluding carboxylic acids is 1. The first kappa shape index (κ1) is 22.6. The standard InChI is InChI=1S/C22H25N3O5S/c1-2-19-5-3-4-16-24(19)31(29,30)21-13-9-18(10-14-21)23-22(26)15-8-17-6-11-20(12-7-17)25(27)28/h6-15,19H,2-5,16H2,1H3,(H,23,26). The van der Waals surface area contributed by atoms with Crippen molar-refractivity contribution in [1.29, 1.82) is 0 Å². The molecule has 31 heavy (non-hydrogen) atoms. The van der Waals surface area contributed by atoms with Crippen LogP contribution >= 0.6 is 0 Å². The fourth-order valence-electron chi connectivity index (χ4n) is 3.61. The van der Waals surface area contributed by atoms with Crippen molar-refractivity contribution in [3.8, 4) is 0 Å². The molecular weight excluding hydrogens is 418 g/mol. The second kappa shape index (κ2) is 9.84. The van der Waals surface area contributed by atoms with Crippen molar-refractivity contribution in [2.24, 2.45) is 0 Å². The predicted octanol–water partition coefficient (Wildman–Crippen LogP) is 4.20. The molecule has 1 atom stereocenters. The number of benzene rings is 2. The van der Waals surface area contributed by atoms with Crippen LogP contribution in [0.1, 0.15) is 38.2 Å². The highest BCUT2D eigenvalue weighted by Crippen LogP contribution is 2.27. The van der Waals surface area contributed by atoms with Crippen LogP contribution in [0.2, 0.25) is 0 Å². The van der Waals surface area contributed by atoms with Crippen molar-refractivity contribution in [2.45, 2.75) is 43.5 Å². The lowest BCUT2D eigenvalue weighted by Crippen LogP contribution is -2.43. The number of nitrogens with one attached hydrogen (secondary N) is 1. The molecule has 9 heteroatoms. The summed E-state index contributed by atoms with van der Waals surface area (Å²) in [5.41, 5.74) is 1.10. The Balaban J connectivity index is 1.64. The van der Waals surface area contributed by atoms with Crippen LogP contribution in [0.4, 0.5) is 11.4 Å². The Hall–Kier alpha value is -3.04. The van der Waals surface area contributed by atoms with Crippen molar-refractivity contribution in [3.63, 3.8) is 0 Å². The number of piperidine rings is 1. The number of hydrogen-bond donors (Lipinski definition) is 1. The summed E-state index contributed by atoms with van der Waals surface area (Å²) in [6, 6.07) is 12.0. The van der Waals surface area contributed by atoms with Crippen molar-refractivity contribution in [1.82, 2.24) is 4.31 Å². The molecule has 8 nitrogen and oxygen atoms in total. The van der Waals surface area contributed by atoms with Gasteiger partial charge in [0.1, 0.15) is 0 Å². The van der Waals surface area contributed by atoms with Gasteiger partial charge in [0.15, 0.2) is 0 Å². The van der Waals surface area contributed by atoms with E-state index in [1.807, 2.05) is 6.92 Å². The Labute approximate surface area is 181 Å². The lowest BCUT2D eigenvalue weighted by molar-refractivity contribution is -0.384. The van der Waals surface area contributed by atoms with Gasteiger partial charge < -0.3 is 5.32 Å². The molecular formula is C22H25N3O5S. The first-order valence-corrected chi connectivity index (χ1v) is 11.6. The number of non-ortho nitro benzene ring substituents is 1. The molecule has 0 bridgehead atoms. The average Bonchev–Trinajstić information content (AvgIpc) is 2.78. The molecule has 0 spiro atoms. The number of rotatable bonds is 7. The maximum absolute atomic E-state index is 13.0. The Morgan fingerprint density at radius 2 is 1.84 bits per heavy atom. The van der Waals surface area contributed by atoms with E-state index in [1.165, 1.54) is 30.3 Å². The summed E-state index contributed by atoms with van der Waals surface area (Å²) in [5.74, 6) is -0.393. The number of amides is 1. The van der Waals surface area contributed by atoms with Gasteiger partial charge in [-0.25, -0.2) is 8.42 Å². The minimum atomic E-state index is -3.57. The maximum atomic E-state index is 13.0. The van der Waals surface area contributed by atoms with Gasteiger partial charge in [0.05, 0.1) is 9.82 Å². The summed E-state index contributed by atoms with van der Waals surface area (Å²) in [6.45, 7) is 2.54. The number of nitro benzene ring substituents is 1. The second-order valence-corrected chi connectivity index (χ2v) is 9.26. The molecule has 1 fully saturated rings. The quantitative estimate of drug-likeness (QED) is 0.392. The molecule has 1 N–H and O–H groups in total. The van der Waals surface area contributed by atoms with E-state index in [0.29, 0.717) is 17.8 Å². The molecule has 2 aromatic rings. The number of sulfonamides is 1. The summed E-state index contributed by atoms with van der Waals surface area (Å²) >= 11 is 0. The molecule has 2 aromatic carbocycles. The molecule has 1 aliphatic rings. The minimum Gasteiger partial charge on any atom is -0.323 e. The van der Waals surface area contributed by atoms with Gasteiger partial charge in [-0.1, -0.05) is 13.3 Å². The number of nitro groups is 1. The summed E-state index contributed by atoms with van der Waals surface area (Å²) in [6.07, 6.45) is 6.43. The van der Waals surface area contributed by atoms with Gasteiger partial charge in [-0.05, 0) is 67.3 Å². The predicted molar refractivity (Wildman–Crippen MR) is 119 cm³/mol. The largest absolute Gasteiger partial charge is 0.323 e. The number of carbonyl (C=O) groups is 1. The SMILES string of the molecule is CCC1CCCCN1S(=O)(=O)c1ccc(NC(=O)C=Cc2ccc([N+](=O)[O-])cc2)cc1. The Morgan fingerprint density at radius 3 is 2.45 bits per heavy atom. The monoisotopic (exact) mass is 443 g/mol. The zero-order valence-corrected chi connectivity index (χ0v) is 18.0. The lowest BCUT2D eigenvalue weighted by Gasteiger charge is -2.34. The zero-order chi connectivity index (χ0) is 22.4. The Bertz CT molecular complexity index is 1060. The van der Waals surface area contributed by atoms with Gasteiger partial charge in [-0.15, -0.1) is 0 Å². The minimum absolute atomic E-state index is 0.0218. The second-order valence-electron chi connectivity index (χ2n) is 7.37. The van der Waals surface area contributed by atoms with Crippen LogP contribution in [-0.4, -0.2) is 36.1 Å². The maximum Gasteiger partial charge on any atom is 0.269 e. The highest BCUT2D eigenvalue weighted by molar-refractivity contribution is 7.89. The fraction of sp³-hybridized carbons (Fsp3) is 0.318. The van der Waals surface area contributed by atoms with E-state index in [2.05, 4.69) is 5.32 Å². The third-order valence-electron chi connectivity index (χ3n) is 5.30. The lowest BCUT2D eigenvalue weighted by atomic mass is 10.0. The summed E-state index contributed by atoms with van der Waals surface area (Å²) < 4.78 is 27.6. The van der Waals surface area contributed by atoms with E-state index >= 15 is 0 Å². The van der Waals surface area contributed by atoms with Crippen LogP contribution in [0.15, 0.2) is 59.5 Å². The third-order valence-corrected chi connectivity index (χ3v) is 7.27. The summed E-state index contributed by atoms with van der Waals surface area (Å²) in [4.78, 5) is 22.5. The molecule has 164 valence electrons. The highest BCUT2D eigenvalue weighted by Gasteiger charge is 2.32. The van der Waals surface area contributed by atoms with Gasteiger partial charge in [0.2, 0.25) is 15.9 Å². The van der Waals surface area contributed by atoms with Gasteiger partial charge in [0.25, 0.3) is 5.69 Å². The van der Waals surface area contributed by atoms with E-state index in [4.69, 9.17) is 0 Å². The number of hydrogen-bond acceptors (Lipinski definition) is 5. The summed E-state index contributed by atoms with van der Waals surface area (Å²) in [7, 11) is -3.57. The molecule has 0 radical (unpaired) electrons. The number of anilines is 1. The summed E-state index contributed by atoms with van der Waals surface area (Å²) in [5, 5.41) is 13.3. The molecule has 0 saturated carbocycles. The van der Waals surface area contributed by atoms with Gasteiger partial charge >= 0.3 is 0 Å². The first-order valence-electron chi connectivity index (χ1n) is 10.2. The fourth-order valence-corrected chi connectivity index (χ4v) is 5.37. The van der Waals surface area contributed by atoms with Crippen LogP contribution in [0.25, 0.3) is 6.08 Å². The Morgan fingerprint density at radius 1 is 1.16 bits per heavy atom. The molecule has 3 rings (SSSR count). The van der Waals surface area contributed by atoms with Crippen LogP contribution < -0.4 is 5.32 Å². The van der Waals surface area contributed by atoms with Crippen LogP contribution in [0.3, 0.4) is 0 Å². The van der Waals surface area contributed by atoms with Crippen molar-refractivity contribution in [3.05, 3.63) is 70.3 Å². The highest BCUT2D eigenvalue weighted by atomic mass is 32.2. The smallest absolute Gasteiger partial charge is 0.269 e. The number of nitrogens with zero attached hydrogens (tertiary/aromatic N) is 2. The molecule has 1 saturated heterocycles. The van der Waals surface area contributed by atoms with E-state index in [0.717, 1.165) is 25.7 Å².